The first kappa shape index (κ1) is 18.4. The molecule has 0 saturated carbocycles. The summed E-state index contributed by atoms with van der Waals surface area (Å²) in [5.41, 5.74) is 0.509. The predicted molar refractivity (Wildman–Crippen MR) is 87.3 cm³/mol. The highest BCUT2D eigenvalue weighted by molar-refractivity contribution is 6.30. The summed E-state index contributed by atoms with van der Waals surface area (Å²) in [5, 5.41) is 3.84. The Labute approximate surface area is 133 Å². The average molecular weight is 316 g/mol. The van der Waals surface area contributed by atoms with E-state index in [2.05, 4.69) is 33.0 Å². The van der Waals surface area contributed by atoms with Gasteiger partial charge in [-0.05, 0) is 37.4 Å². The lowest BCUT2D eigenvalue weighted by Crippen LogP contribution is -2.42. The lowest BCUT2D eigenvalue weighted by molar-refractivity contribution is -0.0372. The van der Waals surface area contributed by atoms with E-state index < -0.39 is 0 Å². The summed E-state index contributed by atoms with van der Waals surface area (Å²) in [7, 11) is 0. The molecule has 0 aliphatic rings. The van der Waals surface area contributed by atoms with Crippen LogP contribution >= 0.6 is 11.6 Å². The zero-order valence-electron chi connectivity index (χ0n) is 13.7. The van der Waals surface area contributed by atoms with Crippen LogP contribution in [0.3, 0.4) is 0 Å². The fourth-order valence-corrected chi connectivity index (χ4v) is 2.62. The Morgan fingerprint density at radius 2 is 1.95 bits per heavy atom. The molecule has 0 aliphatic carbocycles. The lowest BCUT2D eigenvalue weighted by atomic mass is 9.81. The third-order valence-corrected chi connectivity index (χ3v) is 3.65. The number of benzene rings is 1. The maximum absolute atomic E-state index is 14.3. The van der Waals surface area contributed by atoms with E-state index in [0.717, 1.165) is 13.0 Å². The van der Waals surface area contributed by atoms with Crippen LogP contribution in [0.1, 0.15) is 52.6 Å². The van der Waals surface area contributed by atoms with Gasteiger partial charge in [-0.3, -0.25) is 0 Å². The second-order valence-corrected chi connectivity index (χ2v) is 6.78. The second kappa shape index (κ2) is 8.11. The Kier molecular flexibility index (Phi) is 7.11. The molecule has 0 amide bonds. The molecule has 1 N–H and O–H groups in total. The Morgan fingerprint density at radius 3 is 2.43 bits per heavy atom. The molecule has 0 aliphatic heterocycles. The summed E-state index contributed by atoms with van der Waals surface area (Å²) in [6.45, 7) is 11.8. The van der Waals surface area contributed by atoms with Gasteiger partial charge < -0.3 is 10.1 Å². The topological polar surface area (TPSA) is 21.3 Å². The fourth-order valence-electron chi connectivity index (χ4n) is 2.46. The Balaban J connectivity index is 3.18. The Morgan fingerprint density at radius 1 is 1.29 bits per heavy atom. The number of nitrogens with one attached hydrogen (secondary N) is 1. The Hall–Kier alpha value is -0.640. The monoisotopic (exact) mass is 315 g/mol. The lowest BCUT2D eigenvalue weighted by Gasteiger charge is -2.37. The summed E-state index contributed by atoms with van der Waals surface area (Å²) in [6, 6.07) is 4.65. The van der Waals surface area contributed by atoms with Crippen LogP contribution in [0.2, 0.25) is 5.02 Å². The normalized spacial score (nSPS) is 15.0. The van der Waals surface area contributed by atoms with E-state index >= 15 is 0 Å². The smallest absolute Gasteiger partial charge is 0.129 e. The highest BCUT2D eigenvalue weighted by atomic mass is 35.5. The molecular weight excluding hydrogens is 289 g/mol. The van der Waals surface area contributed by atoms with Crippen LogP contribution in [0.5, 0.6) is 0 Å². The molecule has 0 spiro atoms. The van der Waals surface area contributed by atoms with Crippen LogP contribution in [0.15, 0.2) is 18.2 Å². The van der Waals surface area contributed by atoms with Crippen molar-refractivity contribution in [2.75, 3.05) is 13.2 Å². The highest BCUT2D eigenvalue weighted by Gasteiger charge is 2.35. The van der Waals surface area contributed by atoms with Gasteiger partial charge in [-0.15, -0.1) is 0 Å². The standard InChI is InChI=1S/C17H27ClFNO/c1-6-10-20-15(16(21-7-2)17(3,4)5)13-9-8-12(18)11-14(13)19/h8-9,11,15-16,20H,6-7,10H2,1-5H3. The first-order valence-electron chi connectivity index (χ1n) is 7.61. The molecule has 0 aromatic heterocycles. The quantitative estimate of drug-likeness (QED) is 0.767. The van der Waals surface area contributed by atoms with Gasteiger partial charge >= 0.3 is 0 Å². The summed E-state index contributed by atoms with van der Waals surface area (Å²) in [6.07, 6.45) is 0.860. The zero-order valence-corrected chi connectivity index (χ0v) is 14.4. The molecule has 4 heteroatoms. The van der Waals surface area contributed by atoms with E-state index in [9.17, 15) is 4.39 Å². The summed E-state index contributed by atoms with van der Waals surface area (Å²) in [4.78, 5) is 0. The molecule has 2 nitrogen and oxygen atoms in total. The molecule has 0 heterocycles. The van der Waals surface area contributed by atoms with Gasteiger partial charge in [0.05, 0.1) is 12.1 Å². The van der Waals surface area contributed by atoms with Gasteiger partial charge in [-0.2, -0.15) is 0 Å². The Bertz CT molecular complexity index is 445. The van der Waals surface area contributed by atoms with Crippen molar-refractivity contribution in [3.8, 4) is 0 Å². The van der Waals surface area contributed by atoms with E-state index in [1.807, 2.05) is 6.92 Å². The minimum atomic E-state index is -0.287. The second-order valence-electron chi connectivity index (χ2n) is 6.34. The zero-order chi connectivity index (χ0) is 16.0. The van der Waals surface area contributed by atoms with Crippen molar-refractivity contribution in [2.24, 2.45) is 5.41 Å². The van der Waals surface area contributed by atoms with Gasteiger partial charge in [-0.1, -0.05) is 45.4 Å². The van der Waals surface area contributed by atoms with Crippen LogP contribution in [0.4, 0.5) is 4.39 Å². The number of ether oxygens (including phenoxy) is 1. The van der Waals surface area contributed by atoms with Crippen molar-refractivity contribution < 1.29 is 9.13 Å². The maximum Gasteiger partial charge on any atom is 0.129 e. The van der Waals surface area contributed by atoms with Crippen molar-refractivity contribution in [3.63, 3.8) is 0 Å². The molecule has 2 unspecified atom stereocenters. The first-order chi connectivity index (χ1) is 9.81. The summed E-state index contributed by atoms with van der Waals surface area (Å²) in [5.74, 6) is -0.287. The van der Waals surface area contributed by atoms with Crippen molar-refractivity contribution >= 4 is 11.6 Å². The number of rotatable bonds is 7. The van der Waals surface area contributed by atoms with Crippen LogP contribution in [-0.2, 0) is 4.74 Å². The maximum atomic E-state index is 14.3. The van der Waals surface area contributed by atoms with E-state index in [1.54, 1.807) is 12.1 Å². The molecule has 1 aromatic carbocycles. The van der Waals surface area contributed by atoms with E-state index in [1.165, 1.54) is 6.07 Å². The summed E-state index contributed by atoms with van der Waals surface area (Å²) < 4.78 is 20.3. The average Bonchev–Trinajstić information content (AvgIpc) is 2.38. The third-order valence-electron chi connectivity index (χ3n) is 3.41. The first-order valence-corrected chi connectivity index (χ1v) is 7.99. The van der Waals surface area contributed by atoms with E-state index in [4.69, 9.17) is 16.3 Å². The van der Waals surface area contributed by atoms with Crippen LogP contribution in [0, 0.1) is 11.2 Å². The minimum Gasteiger partial charge on any atom is -0.376 e. The molecule has 2 atom stereocenters. The number of hydrogen-bond acceptors (Lipinski definition) is 2. The van der Waals surface area contributed by atoms with Crippen molar-refractivity contribution in [1.82, 2.24) is 5.32 Å². The number of halogens is 2. The minimum absolute atomic E-state index is 0.104. The molecule has 120 valence electrons. The van der Waals surface area contributed by atoms with Gasteiger partial charge in [0.15, 0.2) is 0 Å². The van der Waals surface area contributed by atoms with E-state index in [0.29, 0.717) is 17.2 Å². The third kappa shape index (κ3) is 5.24. The van der Waals surface area contributed by atoms with Gasteiger partial charge in [0.25, 0.3) is 0 Å². The summed E-state index contributed by atoms with van der Waals surface area (Å²) >= 11 is 5.86. The molecule has 0 bridgehead atoms. The largest absolute Gasteiger partial charge is 0.376 e. The van der Waals surface area contributed by atoms with Crippen molar-refractivity contribution in [1.29, 1.82) is 0 Å². The van der Waals surface area contributed by atoms with Crippen molar-refractivity contribution in [3.05, 3.63) is 34.6 Å². The van der Waals surface area contributed by atoms with Gasteiger partial charge in [0.2, 0.25) is 0 Å². The molecule has 21 heavy (non-hydrogen) atoms. The van der Waals surface area contributed by atoms with Gasteiger partial charge in [-0.25, -0.2) is 4.39 Å². The fraction of sp³-hybridized carbons (Fsp3) is 0.647. The highest BCUT2D eigenvalue weighted by Crippen LogP contribution is 2.34. The molecule has 0 fully saturated rings. The van der Waals surface area contributed by atoms with Crippen molar-refractivity contribution in [2.45, 2.75) is 53.2 Å². The van der Waals surface area contributed by atoms with Gasteiger partial charge in [0.1, 0.15) is 5.82 Å². The van der Waals surface area contributed by atoms with Crippen LogP contribution < -0.4 is 5.32 Å². The van der Waals surface area contributed by atoms with E-state index in [-0.39, 0.29) is 23.4 Å². The number of hydrogen-bond donors (Lipinski definition) is 1. The molecule has 1 rings (SSSR count). The SMILES string of the molecule is CCCNC(c1ccc(Cl)cc1F)C(OCC)C(C)(C)C. The molecule has 0 saturated heterocycles. The molecular formula is C17H27ClFNO. The van der Waals surface area contributed by atoms with Gasteiger partial charge in [0, 0.05) is 17.2 Å². The molecule has 0 radical (unpaired) electrons. The predicted octanol–water partition coefficient (Wildman–Crippen LogP) is 4.97. The van der Waals surface area contributed by atoms with Crippen LogP contribution in [-0.4, -0.2) is 19.3 Å². The van der Waals surface area contributed by atoms with Crippen LogP contribution in [0.25, 0.3) is 0 Å². The molecule has 1 aromatic rings.